The van der Waals surface area contributed by atoms with E-state index in [-0.39, 0.29) is 11.6 Å². The maximum absolute atomic E-state index is 13.7. The number of aromatic nitrogens is 4. The lowest BCUT2D eigenvalue weighted by Gasteiger charge is -2.27. The van der Waals surface area contributed by atoms with E-state index in [2.05, 4.69) is 108 Å². The van der Waals surface area contributed by atoms with E-state index in [1.807, 2.05) is 55.4 Å². The van der Waals surface area contributed by atoms with E-state index in [1.54, 1.807) is 73.8 Å². The lowest BCUT2D eigenvalue weighted by atomic mass is 10.1. The van der Waals surface area contributed by atoms with Gasteiger partial charge in [-0.05, 0) is 149 Å². The van der Waals surface area contributed by atoms with Crippen LogP contribution in [-0.4, -0.2) is 111 Å². The highest BCUT2D eigenvalue weighted by atomic mass is 19.4. The molecule has 12 rings (SSSR count). The van der Waals surface area contributed by atoms with E-state index >= 15 is 0 Å². The SMILES string of the molecule is CN(C)c1cc(F)cc(C#Cc2cncc(OC[C@@H]3CCN3)c2)c1.Cc1cccc(C#Cc2cncc(OC[C@@H]3CCN3)c2)c1.FC(F)(F)c1cccc(C#Cc2cncc(OC[C@@H]3CCN3)c2)c1.Fc1ccccc1C#Cc1cncc(OC[C@@H]2CCN2)c1. The van der Waals surface area contributed by atoms with Gasteiger partial charge in [0, 0.05) is 108 Å². The van der Waals surface area contributed by atoms with Gasteiger partial charge in [-0.15, -0.1) is 0 Å². The molecule has 0 aliphatic carbocycles. The molecule has 90 heavy (non-hydrogen) atoms. The van der Waals surface area contributed by atoms with Crippen molar-refractivity contribution in [2.75, 3.05) is 71.6 Å². The van der Waals surface area contributed by atoms with Crippen LogP contribution < -0.4 is 45.1 Å². The number of pyridine rings is 4. The number of ether oxygens (including phenoxy) is 4. The molecule has 0 spiro atoms. The number of halogens is 5. The largest absolute Gasteiger partial charge is 0.490 e. The Morgan fingerprint density at radius 2 is 0.822 bits per heavy atom. The molecule has 4 aliphatic rings. The fourth-order valence-corrected chi connectivity index (χ4v) is 8.55. The number of aryl methyl sites for hydroxylation is 1. The minimum absolute atomic E-state index is 0.297. The van der Waals surface area contributed by atoms with E-state index < -0.39 is 11.7 Å². The van der Waals surface area contributed by atoms with Gasteiger partial charge in [-0.2, -0.15) is 13.2 Å². The van der Waals surface area contributed by atoms with Crippen molar-refractivity contribution < 1.29 is 40.9 Å². The van der Waals surface area contributed by atoms with Gasteiger partial charge in [-0.25, -0.2) is 8.78 Å². The number of benzene rings is 4. The van der Waals surface area contributed by atoms with Crippen LogP contribution in [0.5, 0.6) is 23.0 Å². The van der Waals surface area contributed by atoms with Crippen LogP contribution in [0.25, 0.3) is 0 Å². The Kier molecular flexibility index (Phi) is 23.7. The third-order valence-electron chi connectivity index (χ3n) is 14.2. The average molecular weight is 1220 g/mol. The van der Waals surface area contributed by atoms with E-state index in [1.165, 1.54) is 42.3 Å². The minimum atomic E-state index is -4.37. The van der Waals surface area contributed by atoms with Crippen molar-refractivity contribution in [2.45, 2.75) is 63.0 Å². The fraction of sp³-hybridized carbons (Fsp3) is 0.278. The first kappa shape index (κ1) is 64.7. The highest BCUT2D eigenvalue weighted by Gasteiger charge is 2.30. The van der Waals surface area contributed by atoms with Crippen molar-refractivity contribution >= 4 is 5.69 Å². The summed E-state index contributed by atoms with van der Waals surface area (Å²) in [7, 11) is 3.74. The molecule has 8 heterocycles. The van der Waals surface area contributed by atoms with Gasteiger partial charge in [0.25, 0.3) is 0 Å². The van der Waals surface area contributed by atoms with E-state index in [4.69, 9.17) is 18.9 Å². The predicted molar refractivity (Wildman–Crippen MR) is 338 cm³/mol. The molecule has 460 valence electrons. The highest BCUT2D eigenvalue weighted by molar-refractivity contribution is 5.54. The number of rotatable bonds is 13. The second-order valence-electron chi connectivity index (χ2n) is 21.7. The minimum Gasteiger partial charge on any atom is -0.490 e. The molecule has 4 aliphatic heterocycles. The monoisotopic (exact) mass is 1220 g/mol. The van der Waals surface area contributed by atoms with Crippen LogP contribution in [0.4, 0.5) is 27.6 Å². The third-order valence-corrected chi connectivity index (χ3v) is 14.2. The Balaban J connectivity index is 0.000000143. The standard InChI is InChI=1S/C19H20FN3O.C18H15F3N2O.C18H18N2O.C17H15FN2O/c1-23(2)18-8-14(7-16(20)10-18)3-4-15-9-19(12-21-11-15)24-13-17-5-6-22-17;19-18(20,21)15-3-1-2-13(8-15)4-5-14-9-17(11-22-10-14)24-12-16-6-7-23-16;1-14-3-2-4-15(9-14)5-6-16-10-18(12-19-11-16)21-13-17-7-8-20-17;18-17-4-2-1-3-14(17)6-5-13-9-16(11-19-10-13)21-12-15-7-8-20-15/h7-12,17,22H,5-6,13H2,1-2H3;1-3,8-11,16,23H,6-7,12H2;2-4,9-12,17,20H,7-8,13H2,1H3;1-4,9-11,15,20H,7-8,12H2/t17-;16-;17-;15-/m0000/s1. The number of hydrogen-bond acceptors (Lipinski definition) is 13. The molecule has 0 amide bonds. The second kappa shape index (κ2) is 33.0. The Labute approximate surface area is 522 Å². The molecule has 8 aromatic rings. The van der Waals surface area contributed by atoms with Gasteiger partial charge in [-0.3, -0.25) is 19.9 Å². The maximum Gasteiger partial charge on any atom is 0.416 e. The first-order chi connectivity index (χ1) is 43.7. The molecule has 4 N–H and O–H groups in total. The third kappa shape index (κ3) is 21.5. The molecule has 0 unspecified atom stereocenters. The zero-order valence-corrected chi connectivity index (χ0v) is 50.1. The summed E-state index contributed by atoms with van der Waals surface area (Å²) in [4.78, 5) is 18.3. The number of nitrogens with one attached hydrogen (secondary N) is 4. The van der Waals surface area contributed by atoms with Gasteiger partial charge in [-0.1, -0.05) is 77.7 Å². The summed E-state index contributed by atoms with van der Waals surface area (Å²) in [6, 6.07) is 33.4. The van der Waals surface area contributed by atoms with Crippen molar-refractivity contribution in [2.24, 2.45) is 0 Å². The van der Waals surface area contributed by atoms with Crippen LogP contribution >= 0.6 is 0 Å². The van der Waals surface area contributed by atoms with E-state index in [0.717, 1.165) is 85.7 Å². The molecular formula is C72H68F5N9O4. The summed E-state index contributed by atoms with van der Waals surface area (Å²) in [5.74, 6) is 25.7. The summed E-state index contributed by atoms with van der Waals surface area (Å²) in [5, 5.41) is 13.1. The smallest absolute Gasteiger partial charge is 0.416 e. The Bertz CT molecular complexity index is 3930. The number of hydrogen-bond donors (Lipinski definition) is 4. The Morgan fingerprint density at radius 1 is 0.433 bits per heavy atom. The summed E-state index contributed by atoms with van der Waals surface area (Å²) >= 11 is 0. The first-order valence-corrected chi connectivity index (χ1v) is 29.5. The lowest BCUT2D eigenvalue weighted by Crippen LogP contribution is -2.46. The van der Waals surface area contributed by atoms with Crippen LogP contribution in [0, 0.1) is 65.9 Å². The average Bonchev–Trinajstić information content (AvgIpc) is 1.97. The van der Waals surface area contributed by atoms with Crippen LogP contribution in [0.1, 0.15) is 81.3 Å². The van der Waals surface area contributed by atoms with E-state index in [9.17, 15) is 22.0 Å². The second-order valence-corrected chi connectivity index (χ2v) is 21.7. The molecule has 0 radical (unpaired) electrons. The molecular weight excluding hydrogens is 1150 g/mol. The highest BCUT2D eigenvalue weighted by Crippen LogP contribution is 2.29. The number of nitrogens with zero attached hydrogens (tertiary/aromatic N) is 5. The molecule has 4 aromatic heterocycles. The zero-order valence-electron chi connectivity index (χ0n) is 50.1. The van der Waals surface area contributed by atoms with Gasteiger partial charge < -0.3 is 45.1 Å². The number of anilines is 1. The Hall–Kier alpha value is -9.79. The van der Waals surface area contributed by atoms with Gasteiger partial charge in [0.2, 0.25) is 0 Å². The van der Waals surface area contributed by atoms with Crippen LogP contribution in [-0.2, 0) is 6.18 Å². The summed E-state index contributed by atoms with van der Waals surface area (Å²) in [6.07, 6.45) is 13.5. The summed E-state index contributed by atoms with van der Waals surface area (Å²) in [6.45, 7) is 8.79. The normalized spacial score (nSPS) is 16.4. The Morgan fingerprint density at radius 3 is 1.21 bits per heavy atom. The van der Waals surface area contributed by atoms with Crippen LogP contribution in [0.2, 0.25) is 0 Å². The quantitative estimate of drug-likeness (QED) is 0.0644. The van der Waals surface area contributed by atoms with Gasteiger partial charge in [0.15, 0.2) is 0 Å². The first-order valence-electron chi connectivity index (χ1n) is 29.5. The van der Waals surface area contributed by atoms with Gasteiger partial charge in [0.05, 0.1) is 35.9 Å². The molecule has 4 saturated heterocycles. The van der Waals surface area contributed by atoms with Crippen LogP contribution in [0.3, 0.4) is 0 Å². The topological polar surface area (TPSA) is 140 Å². The van der Waals surface area contributed by atoms with Gasteiger partial charge >= 0.3 is 6.18 Å². The van der Waals surface area contributed by atoms with Crippen molar-refractivity contribution in [3.63, 3.8) is 0 Å². The van der Waals surface area contributed by atoms with Gasteiger partial charge in [0.1, 0.15) is 61.1 Å². The fourth-order valence-electron chi connectivity index (χ4n) is 8.55. The molecule has 0 saturated carbocycles. The molecule has 4 fully saturated rings. The maximum atomic E-state index is 13.7. The van der Waals surface area contributed by atoms with E-state index in [0.29, 0.717) is 95.7 Å². The molecule has 4 atom stereocenters. The summed E-state index contributed by atoms with van der Waals surface area (Å²) in [5.41, 5.74) is 6.51. The summed E-state index contributed by atoms with van der Waals surface area (Å²) < 4.78 is 87.9. The molecule has 13 nitrogen and oxygen atoms in total. The predicted octanol–water partition coefficient (Wildman–Crippen LogP) is 10.6. The molecule has 4 aromatic carbocycles. The van der Waals surface area contributed by atoms with Crippen molar-refractivity contribution in [3.8, 4) is 70.4 Å². The molecule has 18 heteroatoms. The van der Waals surface area contributed by atoms with Crippen LogP contribution in [0.15, 0.2) is 165 Å². The lowest BCUT2D eigenvalue weighted by molar-refractivity contribution is -0.137. The van der Waals surface area contributed by atoms with Crippen molar-refractivity contribution in [1.82, 2.24) is 41.2 Å². The number of alkyl halides is 3. The zero-order chi connectivity index (χ0) is 62.9. The van der Waals surface area contributed by atoms with Crippen molar-refractivity contribution in [1.29, 1.82) is 0 Å². The van der Waals surface area contributed by atoms with Crippen molar-refractivity contribution in [3.05, 3.63) is 232 Å². The molecule has 0 bridgehead atoms.